The Morgan fingerprint density at radius 3 is 3.00 bits per heavy atom. The number of ether oxygens (including phenoxy) is 1. The molecule has 0 bridgehead atoms. The molecule has 116 valence electrons. The van der Waals surface area contributed by atoms with Gasteiger partial charge in [0, 0.05) is 18.1 Å². The third-order valence-corrected chi connectivity index (χ3v) is 3.74. The summed E-state index contributed by atoms with van der Waals surface area (Å²) in [4.78, 5) is 16.3. The van der Waals surface area contributed by atoms with Gasteiger partial charge in [0.2, 0.25) is 5.91 Å². The Morgan fingerprint density at radius 2 is 2.23 bits per heavy atom. The summed E-state index contributed by atoms with van der Waals surface area (Å²) in [6.45, 7) is 2.52. The van der Waals surface area contributed by atoms with Gasteiger partial charge in [0.25, 0.3) is 0 Å². The predicted octanol–water partition coefficient (Wildman–Crippen LogP) is 3.23. The highest BCUT2D eigenvalue weighted by Crippen LogP contribution is 2.25. The van der Waals surface area contributed by atoms with Gasteiger partial charge >= 0.3 is 6.01 Å². The van der Waals surface area contributed by atoms with E-state index in [1.165, 1.54) is 12.3 Å². The van der Waals surface area contributed by atoms with Crippen LogP contribution < -0.4 is 5.32 Å². The number of aromatic nitrogens is 1. The molecule has 0 aliphatic carbocycles. The van der Waals surface area contributed by atoms with Crippen LogP contribution in [0.15, 0.2) is 34.9 Å². The van der Waals surface area contributed by atoms with Crippen molar-refractivity contribution in [3.63, 3.8) is 0 Å². The summed E-state index contributed by atoms with van der Waals surface area (Å²) in [6, 6.07) is 6.37. The molecule has 1 N–H and O–H groups in total. The summed E-state index contributed by atoms with van der Waals surface area (Å²) in [7, 11) is 0. The number of amides is 1. The molecule has 0 radical (unpaired) electrons. The number of anilines is 1. The van der Waals surface area contributed by atoms with E-state index in [4.69, 9.17) is 9.15 Å². The van der Waals surface area contributed by atoms with Crippen molar-refractivity contribution < 1.29 is 18.3 Å². The van der Waals surface area contributed by atoms with E-state index in [2.05, 4.69) is 10.3 Å². The molecule has 1 saturated heterocycles. The van der Waals surface area contributed by atoms with Gasteiger partial charge in [0.15, 0.2) is 0 Å². The highest BCUT2D eigenvalue weighted by atomic mass is 19.1. The van der Waals surface area contributed by atoms with Gasteiger partial charge < -0.3 is 9.15 Å². The number of carbonyl (C=O) groups excluding carboxylic acids is 1. The Balaban J connectivity index is 1.69. The molecule has 2 atom stereocenters. The Labute approximate surface area is 127 Å². The van der Waals surface area contributed by atoms with E-state index in [1.807, 2.05) is 6.92 Å². The van der Waals surface area contributed by atoms with E-state index >= 15 is 0 Å². The summed E-state index contributed by atoms with van der Waals surface area (Å²) in [5.74, 6) is -0.642. The summed E-state index contributed by atoms with van der Waals surface area (Å²) in [5, 5.41) is 2.65. The van der Waals surface area contributed by atoms with Gasteiger partial charge in [-0.2, -0.15) is 4.98 Å². The molecule has 1 fully saturated rings. The molecule has 6 heteroatoms. The second-order valence-electron chi connectivity index (χ2n) is 5.41. The molecule has 5 nitrogen and oxygen atoms in total. The van der Waals surface area contributed by atoms with E-state index in [0.717, 1.165) is 0 Å². The van der Waals surface area contributed by atoms with E-state index in [0.29, 0.717) is 30.7 Å². The maximum atomic E-state index is 13.7. The van der Waals surface area contributed by atoms with E-state index < -0.39 is 0 Å². The van der Waals surface area contributed by atoms with E-state index in [1.54, 1.807) is 18.2 Å². The molecule has 2 unspecified atom stereocenters. The molecule has 0 saturated carbocycles. The van der Waals surface area contributed by atoms with Gasteiger partial charge in [0.1, 0.15) is 17.8 Å². The third kappa shape index (κ3) is 3.17. The fraction of sp³-hybridized carbons (Fsp3) is 0.375. The quantitative estimate of drug-likeness (QED) is 0.945. The summed E-state index contributed by atoms with van der Waals surface area (Å²) < 4.78 is 24.3. The van der Waals surface area contributed by atoms with Crippen LogP contribution in [0.4, 0.5) is 10.4 Å². The molecule has 2 aromatic rings. The first-order chi connectivity index (χ1) is 10.6. The van der Waals surface area contributed by atoms with Crippen LogP contribution in [-0.2, 0) is 9.53 Å². The smallest absolute Gasteiger partial charge is 0.301 e. The lowest BCUT2D eigenvalue weighted by molar-refractivity contribution is -0.124. The molecule has 1 aliphatic heterocycles. The van der Waals surface area contributed by atoms with E-state index in [-0.39, 0.29) is 29.8 Å². The lowest BCUT2D eigenvalue weighted by Crippen LogP contribution is -2.32. The molecule has 0 spiro atoms. The zero-order chi connectivity index (χ0) is 15.5. The van der Waals surface area contributed by atoms with Crippen molar-refractivity contribution in [3.05, 3.63) is 36.3 Å². The molecule has 1 aromatic carbocycles. The van der Waals surface area contributed by atoms with Crippen molar-refractivity contribution in [1.29, 1.82) is 0 Å². The minimum atomic E-state index is -0.382. The lowest BCUT2D eigenvalue weighted by Gasteiger charge is -2.25. The summed E-state index contributed by atoms with van der Waals surface area (Å²) in [6.07, 6.45) is 2.76. The second-order valence-corrected chi connectivity index (χ2v) is 5.41. The van der Waals surface area contributed by atoms with Crippen molar-refractivity contribution >= 4 is 11.9 Å². The van der Waals surface area contributed by atoms with Crippen LogP contribution in [0.25, 0.3) is 11.3 Å². The molecule has 22 heavy (non-hydrogen) atoms. The highest BCUT2D eigenvalue weighted by Gasteiger charge is 2.26. The molecular weight excluding hydrogens is 287 g/mol. The zero-order valence-corrected chi connectivity index (χ0v) is 12.2. The monoisotopic (exact) mass is 304 g/mol. The van der Waals surface area contributed by atoms with Crippen LogP contribution in [0.5, 0.6) is 0 Å². The molecule has 3 rings (SSSR count). The number of oxazole rings is 1. The molecule has 1 amide bonds. The van der Waals surface area contributed by atoms with Gasteiger partial charge in [-0.1, -0.05) is 12.1 Å². The van der Waals surface area contributed by atoms with Crippen LogP contribution in [0.3, 0.4) is 0 Å². The number of carbonyl (C=O) groups is 1. The van der Waals surface area contributed by atoms with Crippen LogP contribution in [-0.4, -0.2) is 23.6 Å². The van der Waals surface area contributed by atoms with Crippen LogP contribution in [0, 0.1) is 11.7 Å². The topological polar surface area (TPSA) is 64.4 Å². The Morgan fingerprint density at radius 1 is 1.41 bits per heavy atom. The summed E-state index contributed by atoms with van der Waals surface area (Å²) >= 11 is 0. The number of halogens is 1. The molecule has 1 aromatic heterocycles. The first-order valence-corrected chi connectivity index (χ1v) is 7.26. The lowest BCUT2D eigenvalue weighted by atomic mass is 9.95. The van der Waals surface area contributed by atoms with Gasteiger partial charge in [-0.15, -0.1) is 0 Å². The molecule has 2 heterocycles. The highest BCUT2D eigenvalue weighted by molar-refractivity contribution is 5.90. The van der Waals surface area contributed by atoms with Crippen LogP contribution in [0.2, 0.25) is 0 Å². The molecule has 1 aliphatic rings. The minimum absolute atomic E-state index is 0.0723. The van der Waals surface area contributed by atoms with Crippen molar-refractivity contribution in [1.82, 2.24) is 4.98 Å². The second kappa shape index (κ2) is 6.27. The normalized spacial score (nSPS) is 21.5. The van der Waals surface area contributed by atoms with Gasteiger partial charge in [-0.3, -0.25) is 10.1 Å². The number of hydrogen-bond acceptors (Lipinski definition) is 4. The van der Waals surface area contributed by atoms with Crippen molar-refractivity contribution in [2.24, 2.45) is 5.92 Å². The van der Waals surface area contributed by atoms with Gasteiger partial charge in [-0.25, -0.2) is 4.39 Å². The fourth-order valence-electron chi connectivity index (χ4n) is 2.57. The Bertz CT molecular complexity index is 671. The van der Waals surface area contributed by atoms with Gasteiger partial charge in [-0.05, 0) is 31.9 Å². The Hall–Kier alpha value is -2.21. The number of benzene rings is 1. The van der Waals surface area contributed by atoms with Crippen molar-refractivity contribution in [2.75, 3.05) is 11.9 Å². The fourth-order valence-corrected chi connectivity index (χ4v) is 2.57. The largest absolute Gasteiger partial charge is 0.431 e. The number of nitrogens with zero attached hydrogens (tertiary/aromatic N) is 1. The summed E-state index contributed by atoms with van der Waals surface area (Å²) in [5.41, 5.74) is 0.695. The van der Waals surface area contributed by atoms with Crippen molar-refractivity contribution in [3.8, 4) is 11.3 Å². The Kier molecular flexibility index (Phi) is 4.20. The average Bonchev–Trinajstić information content (AvgIpc) is 2.96. The third-order valence-electron chi connectivity index (χ3n) is 3.74. The SMILES string of the molecule is CC1CC(C(=O)Nc2nc(-c3ccccc3F)co2)CCO1. The van der Waals surface area contributed by atoms with Crippen LogP contribution >= 0.6 is 0 Å². The molecular formula is C16H17FN2O3. The van der Waals surface area contributed by atoms with Crippen molar-refractivity contribution in [2.45, 2.75) is 25.9 Å². The average molecular weight is 304 g/mol. The van der Waals surface area contributed by atoms with Crippen LogP contribution in [0.1, 0.15) is 19.8 Å². The maximum Gasteiger partial charge on any atom is 0.301 e. The minimum Gasteiger partial charge on any atom is -0.431 e. The standard InChI is InChI=1S/C16H17FN2O3/c1-10-8-11(6-7-21-10)15(20)19-16-18-14(9-22-16)12-4-2-3-5-13(12)17/h2-5,9-11H,6-8H2,1H3,(H,18,19,20). The van der Waals surface area contributed by atoms with Gasteiger partial charge in [0.05, 0.1) is 6.10 Å². The van der Waals surface area contributed by atoms with E-state index in [9.17, 15) is 9.18 Å². The zero-order valence-electron chi connectivity index (χ0n) is 12.2. The first-order valence-electron chi connectivity index (χ1n) is 7.26. The first kappa shape index (κ1) is 14.7. The number of nitrogens with one attached hydrogen (secondary N) is 1. The number of hydrogen-bond donors (Lipinski definition) is 1. The maximum absolute atomic E-state index is 13.7. The number of rotatable bonds is 3. The predicted molar refractivity (Wildman–Crippen MR) is 78.7 cm³/mol.